The second-order valence-corrected chi connectivity index (χ2v) is 7.79. The summed E-state index contributed by atoms with van der Waals surface area (Å²) in [5, 5.41) is 3.21. The molecule has 1 saturated heterocycles. The molecule has 1 aliphatic heterocycles. The number of nitrogens with one attached hydrogen (secondary N) is 1. The quantitative estimate of drug-likeness (QED) is 0.695. The number of hydrogen-bond acceptors (Lipinski definition) is 5. The molecule has 2 aromatic carbocycles. The van der Waals surface area contributed by atoms with E-state index >= 15 is 0 Å². The Balaban J connectivity index is 1.39. The van der Waals surface area contributed by atoms with Crippen molar-refractivity contribution in [1.82, 2.24) is 4.98 Å². The molecule has 0 amide bonds. The molecule has 1 aromatic heterocycles. The standard InChI is InChI=1S/C22H25N3O2S/c1-26-20-9-5-3-7-18(20)22-23-17(16-28-22)15-24-11-13-25(14-12-24)19-8-4-6-10-21(19)27-2/h3-10,16H,11-15H2,1-2H3/p+1. The Morgan fingerprint density at radius 1 is 0.964 bits per heavy atom. The third-order valence-corrected chi connectivity index (χ3v) is 6.14. The first-order valence-corrected chi connectivity index (χ1v) is 10.5. The van der Waals surface area contributed by atoms with Gasteiger partial charge >= 0.3 is 0 Å². The molecule has 0 spiro atoms. The van der Waals surface area contributed by atoms with E-state index in [0.29, 0.717) is 0 Å². The highest BCUT2D eigenvalue weighted by Crippen LogP contribution is 2.32. The van der Waals surface area contributed by atoms with Crippen LogP contribution in [0.5, 0.6) is 11.5 Å². The van der Waals surface area contributed by atoms with Gasteiger partial charge in [-0.25, -0.2) is 4.98 Å². The first-order chi connectivity index (χ1) is 13.8. The lowest BCUT2D eigenvalue weighted by atomic mass is 10.2. The third-order valence-electron chi connectivity index (χ3n) is 5.22. The van der Waals surface area contributed by atoms with Gasteiger partial charge in [-0.3, -0.25) is 0 Å². The molecular formula is C22H26N3O2S+. The van der Waals surface area contributed by atoms with Crippen molar-refractivity contribution in [1.29, 1.82) is 0 Å². The zero-order chi connectivity index (χ0) is 19.3. The maximum absolute atomic E-state index is 5.52. The summed E-state index contributed by atoms with van der Waals surface area (Å²) in [6.45, 7) is 5.21. The highest BCUT2D eigenvalue weighted by atomic mass is 32.1. The Morgan fingerprint density at radius 2 is 1.64 bits per heavy atom. The van der Waals surface area contributed by atoms with E-state index in [1.165, 1.54) is 5.69 Å². The summed E-state index contributed by atoms with van der Waals surface area (Å²) in [4.78, 5) is 8.86. The van der Waals surface area contributed by atoms with Gasteiger partial charge in [0.15, 0.2) is 0 Å². The molecule has 0 aliphatic carbocycles. The van der Waals surface area contributed by atoms with E-state index < -0.39 is 0 Å². The van der Waals surface area contributed by atoms with E-state index in [1.54, 1.807) is 30.5 Å². The fourth-order valence-electron chi connectivity index (χ4n) is 3.72. The zero-order valence-electron chi connectivity index (χ0n) is 16.4. The van der Waals surface area contributed by atoms with E-state index in [1.807, 2.05) is 30.3 Å². The van der Waals surface area contributed by atoms with Crippen molar-refractivity contribution in [2.45, 2.75) is 6.54 Å². The van der Waals surface area contributed by atoms with Crippen LogP contribution in [0.2, 0.25) is 0 Å². The highest BCUT2D eigenvalue weighted by molar-refractivity contribution is 7.13. The van der Waals surface area contributed by atoms with Crippen molar-refractivity contribution >= 4 is 17.0 Å². The Bertz CT molecular complexity index is 919. The minimum Gasteiger partial charge on any atom is -0.496 e. The summed E-state index contributed by atoms with van der Waals surface area (Å²) >= 11 is 1.69. The first kappa shape index (κ1) is 18.8. The van der Waals surface area contributed by atoms with E-state index in [2.05, 4.69) is 28.5 Å². The fraction of sp³-hybridized carbons (Fsp3) is 0.318. The number of methoxy groups -OCH3 is 2. The molecule has 0 bridgehead atoms. The molecule has 0 unspecified atom stereocenters. The van der Waals surface area contributed by atoms with Crippen LogP contribution >= 0.6 is 11.3 Å². The van der Waals surface area contributed by atoms with Crippen LogP contribution in [0.1, 0.15) is 5.69 Å². The van der Waals surface area contributed by atoms with Crippen molar-refractivity contribution in [3.8, 4) is 22.1 Å². The molecule has 6 heteroatoms. The van der Waals surface area contributed by atoms with Crippen LogP contribution in [0.4, 0.5) is 5.69 Å². The lowest BCUT2D eigenvalue weighted by Gasteiger charge is -2.34. The normalized spacial score (nSPS) is 14.9. The van der Waals surface area contributed by atoms with E-state index in [4.69, 9.17) is 14.5 Å². The van der Waals surface area contributed by atoms with Crippen molar-refractivity contribution in [2.75, 3.05) is 45.3 Å². The average Bonchev–Trinajstić information content (AvgIpc) is 3.22. The van der Waals surface area contributed by atoms with Crippen LogP contribution in [-0.2, 0) is 6.54 Å². The Labute approximate surface area is 170 Å². The maximum atomic E-state index is 5.52. The number of quaternary nitrogens is 1. The minimum atomic E-state index is 0.876. The van der Waals surface area contributed by atoms with Gasteiger partial charge in [0, 0.05) is 5.38 Å². The smallest absolute Gasteiger partial charge is 0.142 e. The molecule has 146 valence electrons. The Hall–Kier alpha value is -2.57. The number of anilines is 1. The number of rotatable bonds is 6. The van der Waals surface area contributed by atoms with Crippen LogP contribution in [0.15, 0.2) is 53.9 Å². The molecule has 2 heterocycles. The summed E-state index contributed by atoms with van der Waals surface area (Å²) in [5.41, 5.74) is 3.42. The van der Waals surface area contributed by atoms with Crippen LogP contribution in [0.3, 0.4) is 0 Å². The van der Waals surface area contributed by atoms with Gasteiger partial charge in [-0.15, -0.1) is 11.3 Å². The summed E-state index contributed by atoms with van der Waals surface area (Å²) in [6.07, 6.45) is 0. The highest BCUT2D eigenvalue weighted by Gasteiger charge is 2.23. The van der Waals surface area contributed by atoms with Gasteiger partial charge in [-0.05, 0) is 24.3 Å². The van der Waals surface area contributed by atoms with Crippen molar-refractivity contribution in [3.63, 3.8) is 0 Å². The second kappa shape index (κ2) is 8.63. The molecule has 1 fully saturated rings. The van der Waals surface area contributed by atoms with Crippen LogP contribution in [0, 0.1) is 0 Å². The number of para-hydroxylation sites is 3. The molecule has 1 N–H and O–H groups in total. The second-order valence-electron chi connectivity index (χ2n) is 6.93. The lowest BCUT2D eigenvalue weighted by molar-refractivity contribution is -0.914. The molecule has 4 rings (SSSR count). The van der Waals surface area contributed by atoms with Crippen LogP contribution in [-0.4, -0.2) is 45.4 Å². The van der Waals surface area contributed by atoms with E-state index in [0.717, 1.165) is 60.5 Å². The molecule has 0 radical (unpaired) electrons. The number of nitrogens with zero attached hydrogens (tertiary/aromatic N) is 2. The number of ether oxygens (including phenoxy) is 2. The zero-order valence-corrected chi connectivity index (χ0v) is 17.2. The molecule has 28 heavy (non-hydrogen) atoms. The molecule has 3 aromatic rings. The Morgan fingerprint density at radius 3 is 2.39 bits per heavy atom. The topological polar surface area (TPSA) is 39.0 Å². The predicted octanol–water partition coefficient (Wildman–Crippen LogP) is 2.73. The van der Waals surface area contributed by atoms with Gasteiger partial charge < -0.3 is 19.3 Å². The molecule has 1 aliphatic rings. The number of thiazole rings is 1. The minimum absolute atomic E-state index is 0.876. The lowest BCUT2D eigenvalue weighted by Crippen LogP contribution is -3.13. The van der Waals surface area contributed by atoms with Crippen molar-refractivity contribution in [3.05, 3.63) is 59.6 Å². The van der Waals surface area contributed by atoms with Gasteiger partial charge in [0.2, 0.25) is 0 Å². The van der Waals surface area contributed by atoms with E-state index in [9.17, 15) is 0 Å². The van der Waals surface area contributed by atoms with Gasteiger partial charge in [-0.1, -0.05) is 24.3 Å². The van der Waals surface area contributed by atoms with Crippen molar-refractivity contribution in [2.24, 2.45) is 0 Å². The number of aromatic nitrogens is 1. The number of hydrogen-bond donors (Lipinski definition) is 1. The molecule has 0 atom stereocenters. The van der Waals surface area contributed by atoms with Gasteiger partial charge in [0.25, 0.3) is 0 Å². The summed E-state index contributed by atoms with van der Waals surface area (Å²) in [5.74, 6) is 1.83. The molecule has 5 nitrogen and oxygen atoms in total. The summed E-state index contributed by atoms with van der Waals surface area (Å²) in [7, 11) is 3.45. The largest absolute Gasteiger partial charge is 0.496 e. The fourth-order valence-corrected chi connectivity index (χ4v) is 4.57. The van der Waals surface area contributed by atoms with Crippen LogP contribution < -0.4 is 19.3 Å². The number of benzene rings is 2. The summed E-state index contributed by atoms with van der Waals surface area (Å²) < 4.78 is 11.0. The van der Waals surface area contributed by atoms with Gasteiger partial charge in [0.1, 0.15) is 28.7 Å². The first-order valence-electron chi connectivity index (χ1n) is 9.58. The number of piperazine rings is 1. The van der Waals surface area contributed by atoms with Gasteiger partial charge in [0.05, 0.1) is 51.6 Å². The van der Waals surface area contributed by atoms with Crippen LogP contribution in [0.25, 0.3) is 10.6 Å². The Kier molecular flexibility index (Phi) is 5.78. The van der Waals surface area contributed by atoms with Gasteiger partial charge in [-0.2, -0.15) is 0 Å². The SMILES string of the molecule is COc1ccccc1-c1nc(C[NH+]2CCN(c3ccccc3OC)CC2)cs1. The maximum Gasteiger partial charge on any atom is 0.142 e. The third kappa shape index (κ3) is 3.98. The van der Waals surface area contributed by atoms with Crippen molar-refractivity contribution < 1.29 is 14.4 Å². The van der Waals surface area contributed by atoms with E-state index in [-0.39, 0.29) is 0 Å². The monoisotopic (exact) mass is 396 g/mol. The molecule has 0 saturated carbocycles. The predicted molar refractivity (Wildman–Crippen MR) is 114 cm³/mol. The summed E-state index contributed by atoms with van der Waals surface area (Å²) in [6, 6.07) is 16.3. The average molecular weight is 397 g/mol. The molecular weight excluding hydrogens is 370 g/mol.